The molecule has 6 heteroatoms. The molecule has 2 atom stereocenters. The first-order valence-electron chi connectivity index (χ1n) is 5.47. The summed E-state index contributed by atoms with van der Waals surface area (Å²) in [6, 6.07) is 0.586. The molecule has 0 spiro atoms. The minimum absolute atomic E-state index is 0. The molecule has 0 aromatic carbocycles. The second kappa shape index (κ2) is 6.60. The van der Waals surface area contributed by atoms with Crippen LogP contribution in [0.25, 0.3) is 0 Å². The van der Waals surface area contributed by atoms with Gasteiger partial charge in [0.15, 0.2) is 0 Å². The van der Waals surface area contributed by atoms with Crippen LogP contribution in [0.3, 0.4) is 0 Å². The van der Waals surface area contributed by atoms with Crippen molar-refractivity contribution in [1.29, 1.82) is 0 Å². The van der Waals surface area contributed by atoms with E-state index in [-0.39, 0.29) is 12.4 Å². The first-order chi connectivity index (χ1) is 7.61. The maximum absolute atomic E-state index is 6.13. The van der Waals surface area contributed by atoms with Crippen LogP contribution in [-0.4, -0.2) is 24.0 Å². The maximum atomic E-state index is 6.13. The van der Waals surface area contributed by atoms with Crippen molar-refractivity contribution in [1.82, 2.24) is 4.90 Å². The van der Waals surface area contributed by atoms with Crippen molar-refractivity contribution >= 4 is 46.9 Å². The molecular formula is C11H17Cl3N2S. The van der Waals surface area contributed by atoms with E-state index in [0.717, 1.165) is 30.2 Å². The first kappa shape index (κ1) is 15.5. The van der Waals surface area contributed by atoms with E-state index in [0.29, 0.717) is 16.3 Å². The van der Waals surface area contributed by atoms with E-state index in [1.807, 2.05) is 5.38 Å². The summed E-state index contributed by atoms with van der Waals surface area (Å²) in [5, 5.41) is 2.77. The highest BCUT2D eigenvalue weighted by Crippen LogP contribution is 2.34. The van der Waals surface area contributed by atoms with Crippen molar-refractivity contribution < 1.29 is 0 Å². The van der Waals surface area contributed by atoms with E-state index >= 15 is 0 Å². The lowest BCUT2D eigenvalue weighted by atomic mass is 10.1. The van der Waals surface area contributed by atoms with Crippen LogP contribution >= 0.6 is 46.9 Å². The van der Waals surface area contributed by atoms with Gasteiger partial charge in [-0.1, -0.05) is 23.2 Å². The van der Waals surface area contributed by atoms with Crippen molar-refractivity contribution in [3.8, 4) is 0 Å². The summed E-state index contributed by atoms with van der Waals surface area (Å²) < 4.78 is 0.693. The molecule has 0 bridgehead atoms. The zero-order chi connectivity index (χ0) is 11.7. The smallest absolute Gasteiger partial charge is 0.112 e. The molecule has 2 unspecified atom stereocenters. The van der Waals surface area contributed by atoms with Gasteiger partial charge in [-0.15, -0.1) is 23.7 Å². The lowest BCUT2D eigenvalue weighted by Gasteiger charge is -2.20. The molecule has 1 fully saturated rings. The standard InChI is InChI=1S/C11H16Cl2N2S.ClH/c1-7-2-8(3-14)4-15(7)5-9-6-16-11(13)10(9)12;/h6-8H,2-5,14H2,1H3;1H. The number of hydrogen-bond acceptors (Lipinski definition) is 3. The van der Waals surface area contributed by atoms with E-state index in [4.69, 9.17) is 28.9 Å². The largest absolute Gasteiger partial charge is 0.330 e. The average Bonchev–Trinajstić information content (AvgIpc) is 2.77. The zero-order valence-electron chi connectivity index (χ0n) is 9.66. The van der Waals surface area contributed by atoms with Crippen LogP contribution in [0.2, 0.25) is 9.36 Å². The number of halogens is 3. The molecule has 2 N–H and O–H groups in total. The number of rotatable bonds is 3. The molecule has 2 heterocycles. The third-order valence-electron chi connectivity index (χ3n) is 3.26. The Bertz CT molecular complexity index is 370. The van der Waals surface area contributed by atoms with E-state index in [1.165, 1.54) is 17.8 Å². The van der Waals surface area contributed by atoms with Gasteiger partial charge in [-0.05, 0) is 36.8 Å². The SMILES string of the molecule is CC1CC(CN)CN1Cc1csc(Cl)c1Cl.Cl. The van der Waals surface area contributed by atoms with Crippen molar-refractivity contribution in [3.05, 3.63) is 20.3 Å². The summed E-state index contributed by atoms with van der Waals surface area (Å²) >= 11 is 13.6. The van der Waals surface area contributed by atoms with Gasteiger partial charge in [0.25, 0.3) is 0 Å². The fourth-order valence-electron chi connectivity index (χ4n) is 2.29. The Labute approximate surface area is 122 Å². The van der Waals surface area contributed by atoms with Crippen LogP contribution in [0.1, 0.15) is 18.9 Å². The third-order valence-corrected chi connectivity index (χ3v) is 5.17. The van der Waals surface area contributed by atoms with Crippen LogP contribution in [0, 0.1) is 5.92 Å². The number of nitrogens with two attached hydrogens (primary N) is 1. The van der Waals surface area contributed by atoms with Crippen LogP contribution in [0.5, 0.6) is 0 Å². The minimum atomic E-state index is 0. The summed E-state index contributed by atoms with van der Waals surface area (Å²) in [7, 11) is 0. The highest BCUT2D eigenvalue weighted by Gasteiger charge is 2.28. The summed E-state index contributed by atoms with van der Waals surface area (Å²) in [5.74, 6) is 0.628. The van der Waals surface area contributed by atoms with Crippen LogP contribution in [0.15, 0.2) is 5.38 Å². The van der Waals surface area contributed by atoms with E-state index in [2.05, 4.69) is 11.8 Å². The summed E-state index contributed by atoms with van der Waals surface area (Å²) in [6.07, 6.45) is 1.19. The molecule has 0 radical (unpaired) electrons. The number of likely N-dealkylation sites (tertiary alicyclic amines) is 1. The van der Waals surface area contributed by atoms with Crippen molar-refractivity contribution in [3.63, 3.8) is 0 Å². The highest BCUT2D eigenvalue weighted by molar-refractivity contribution is 7.15. The van der Waals surface area contributed by atoms with Crippen LogP contribution < -0.4 is 5.73 Å². The molecule has 1 aliphatic rings. The van der Waals surface area contributed by atoms with Crippen molar-refractivity contribution in [2.45, 2.75) is 25.9 Å². The van der Waals surface area contributed by atoms with Gasteiger partial charge in [-0.3, -0.25) is 4.90 Å². The molecule has 0 aliphatic carbocycles. The lowest BCUT2D eigenvalue weighted by Crippen LogP contribution is -2.27. The molecule has 1 aromatic heterocycles. The van der Waals surface area contributed by atoms with Crippen molar-refractivity contribution in [2.75, 3.05) is 13.1 Å². The Balaban J connectivity index is 0.00000144. The molecule has 0 saturated carbocycles. The Morgan fingerprint density at radius 2 is 2.24 bits per heavy atom. The zero-order valence-corrected chi connectivity index (χ0v) is 12.8. The molecule has 1 aromatic rings. The number of nitrogens with zero attached hydrogens (tertiary/aromatic N) is 1. The van der Waals surface area contributed by atoms with Crippen LogP contribution in [0.4, 0.5) is 0 Å². The molecule has 98 valence electrons. The molecule has 2 rings (SSSR count). The monoisotopic (exact) mass is 314 g/mol. The first-order valence-corrected chi connectivity index (χ1v) is 7.10. The van der Waals surface area contributed by atoms with Crippen molar-refractivity contribution in [2.24, 2.45) is 11.7 Å². The van der Waals surface area contributed by atoms with Gasteiger partial charge in [-0.25, -0.2) is 0 Å². The molecule has 0 amide bonds. The van der Waals surface area contributed by atoms with Crippen LogP contribution in [-0.2, 0) is 6.54 Å². The van der Waals surface area contributed by atoms with Gasteiger partial charge in [0.1, 0.15) is 4.34 Å². The summed E-state index contributed by atoms with van der Waals surface area (Å²) in [5.41, 5.74) is 6.85. The van der Waals surface area contributed by atoms with Gasteiger partial charge in [0.2, 0.25) is 0 Å². The fraction of sp³-hybridized carbons (Fsp3) is 0.636. The number of thiophene rings is 1. The molecule has 1 aliphatic heterocycles. The summed E-state index contributed by atoms with van der Waals surface area (Å²) in [6.45, 7) is 4.98. The van der Waals surface area contributed by atoms with Gasteiger partial charge in [0.05, 0.1) is 5.02 Å². The lowest BCUT2D eigenvalue weighted by molar-refractivity contribution is 0.256. The topological polar surface area (TPSA) is 29.3 Å². The number of hydrogen-bond donors (Lipinski definition) is 1. The van der Waals surface area contributed by atoms with E-state index < -0.39 is 0 Å². The average molecular weight is 316 g/mol. The molecule has 17 heavy (non-hydrogen) atoms. The second-order valence-electron chi connectivity index (χ2n) is 4.46. The molecule has 1 saturated heterocycles. The maximum Gasteiger partial charge on any atom is 0.112 e. The quantitative estimate of drug-likeness (QED) is 0.922. The Morgan fingerprint density at radius 3 is 2.71 bits per heavy atom. The van der Waals surface area contributed by atoms with E-state index in [9.17, 15) is 0 Å². The molecule has 2 nitrogen and oxygen atoms in total. The highest BCUT2D eigenvalue weighted by atomic mass is 35.5. The Kier molecular flexibility index (Phi) is 6.03. The third kappa shape index (κ3) is 3.49. The predicted octanol–water partition coefficient (Wildman–Crippen LogP) is 3.65. The van der Waals surface area contributed by atoms with Gasteiger partial charge < -0.3 is 5.73 Å². The van der Waals surface area contributed by atoms with Gasteiger partial charge in [0, 0.05) is 19.1 Å². The Hall–Kier alpha value is 0.490. The second-order valence-corrected chi connectivity index (χ2v) is 6.32. The predicted molar refractivity (Wildman–Crippen MR) is 78.6 cm³/mol. The van der Waals surface area contributed by atoms with E-state index in [1.54, 1.807) is 0 Å². The summed E-state index contributed by atoms with van der Waals surface area (Å²) in [4.78, 5) is 2.43. The molecular weight excluding hydrogens is 299 g/mol. The normalized spacial score (nSPS) is 24.9. The van der Waals surface area contributed by atoms with Gasteiger partial charge in [-0.2, -0.15) is 0 Å². The fourth-order valence-corrected chi connectivity index (χ4v) is 3.53. The van der Waals surface area contributed by atoms with Gasteiger partial charge >= 0.3 is 0 Å². The minimum Gasteiger partial charge on any atom is -0.330 e. The Morgan fingerprint density at radius 1 is 1.53 bits per heavy atom.